The number of carboxylic acids is 1. The Morgan fingerprint density at radius 3 is 2.47 bits per heavy atom. The Morgan fingerprint density at radius 1 is 1.15 bits per heavy atom. The molecular weight excluding hydrogens is 452 g/mol. The predicted octanol–water partition coefficient (Wildman–Crippen LogP) is 0.206. The first-order chi connectivity index (χ1) is 16.1. The van der Waals surface area contributed by atoms with Gasteiger partial charge in [0.2, 0.25) is 6.29 Å². The van der Waals surface area contributed by atoms with E-state index in [0.29, 0.717) is 28.9 Å². The quantitative estimate of drug-likeness (QED) is 0.240. The van der Waals surface area contributed by atoms with Crippen LogP contribution in [0.15, 0.2) is 11.6 Å². The molecule has 0 bridgehead atoms. The normalized spacial score (nSPS) is 26.7. The predicted molar refractivity (Wildman–Crippen MR) is 116 cm³/mol. The van der Waals surface area contributed by atoms with Gasteiger partial charge in [-0.2, -0.15) is 0 Å². The number of ether oxygens (including phenoxy) is 4. The molecule has 1 aromatic rings. The molecule has 11 heteroatoms. The van der Waals surface area contributed by atoms with Crippen molar-refractivity contribution in [3.8, 4) is 11.5 Å². The van der Waals surface area contributed by atoms with Crippen molar-refractivity contribution in [1.29, 1.82) is 0 Å². The summed E-state index contributed by atoms with van der Waals surface area (Å²) < 4.78 is 22.2. The number of benzene rings is 1. The second kappa shape index (κ2) is 10.7. The lowest BCUT2D eigenvalue weighted by atomic mass is 9.94. The Kier molecular flexibility index (Phi) is 8.16. The highest BCUT2D eigenvalue weighted by molar-refractivity contribution is 5.98. The summed E-state index contributed by atoms with van der Waals surface area (Å²) in [5, 5.41) is 49.0. The maximum Gasteiger partial charge on any atom is 0.342 e. The van der Waals surface area contributed by atoms with E-state index in [1.54, 1.807) is 19.9 Å². The maximum atomic E-state index is 12.6. The second-order valence-electron chi connectivity index (χ2n) is 8.36. The SMILES string of the molecule is COc1c(C)c2c(c(O[C@@H]3OC(CO)[C@@H](O)[C@H](O)C3O)c1CC=C(C)CCC(=O)O)C(=O)OC2. The molecule has 0 radical (unpaired) electrons. The number of aliphatic carboxylic acids is 1. The summed E-state index contributed by atoms with van der Waals surface area (Å²) in [6.45, 7) is 2.90. The molecule has 1 aromatic carbocycles. The smallest absolute Gasteiger partial charge is 0.342 e. The van der Waals surface area contributed by atoms with Crippen molar-refractivity contribution in [3.63, 3.8) is 0 Å². The molecule has 2 unspecified atom stereocenters. The summed E-state index contributed by atoms with van der Waals surface area (Å²) in [7, 11) is 1.45. The van der Waals surface area contributed by atoms with Gasteiger partial charge in [0, 0.05) is 17.5 Å². The third kappa shape index (κ3) is 5.03. The van der Waals surface area contributed by atoms with Crippen molar-refractivity contribution in [1.82, 2.24) is 0 Å². The number of hydrogen-bond acceptors (Lipinski definition) is 10. The molecule has 188 valence electrons. The lowest BCUT2D eigenvalue weighted by Gasteiger charge is -2.40. The van der Waals surface area contributed by atoms with Crippen molar-refractivity contribution >= 4 is 11.9 Å². The Balaban J connectivity index is 2.06. The van der Waals surface area contributed by atoms with Crippen LogP contribution < -0.4 is 9.47 Å². The molecule has 2 aliphatic rings. The number of rotatable bonds is 9. The van der Waals surface area contributed by atoms with Gasteiger partial charge in [0.05, 0.1) is 13.7 Å². The molecule has 5 atom stereocenters. The minimum absolute atomic E-state index is 0.00480. The average molecular weight is 482 g/mol. The van der Waals surface area contributed by atoms with Crippen molar-refractivity contribution in [2.24, 2.45) is 0 Å². The fourth-order valence-corrected chi connectivity index (χ4v) is 4.10. The summed E-state index contributed by atoms with van der Waals surface area (Å²) in [6, 6.07) is 0. The van der Waals surface area contributed by atoms with Crippen LogP contribution in [0.1, 0.15) is 46.8 Å². The fourth-order valence-electron chi connectivity index (χ4n) is 4.10. The number of carboxylic acid groups (broad SMARTS) is 1. The number of aliphatic hydroxyl groups is 4. The molecular formula is C23H30O11. The first kappa shape index (κ1) is 25.9. The highest BCUT2D eigenvalue weighted by Crippen LogP contribution is 2.44. The van der Waals surface area contributed by atoms with Crippen LogP contribution in [0.25, 0.3) is 0 Å². The summed E-state index contributed by atoms with van der Waals surface area (Å²) in [4.78, 5) is 23.5. The third-order valence-corrected chi connectivity index (χ3v) is 6.10. The number of carbonyl (C=O) groups excluding carboxylic acids is 1. The molecule has 1 saturated heterocycles. The van der Waals surface area contributed by atoms with Gasteiger partial charge < -0.3 is 44.5 Å². The number of allylic oxidation sites excluding steroid dienone is 2. The number of hydrogen-bond donors (Lipinski definition) is 5. The fraction of sp³-hybridized carbons (Fsp3) is 0.565. The number of fused-ring (bicyclic) bond motifs is 1. The van der Waals surface area contributed by atoms with Crippen LogP contribution in [0, 0.1) is 6.92 Å². The first-order valence-corrected chi connectivity index (χ1v) is 10.8. The minimum atomic E-state index is -1.68. The summed E-state index contributed by atoms with van der Waals surface area (Å²) >= 11 is 0. The van der Waals surface area contributed by atoms with Gasteiger partial charge in [0.25, 0.3) is 0 Å². The van der Waals surface area contributed by atoms with E-state index >= 15 is 0 Å². The zero-order chi connectivity index (χ0) is 25.2. The van der Waals surface area contributed by atoms with Crippen LogP contribution in [0.4, 0.5) is 0 Å². The first-order valence-electron chi connectivity index (χ1n) is 10.8. The van der Waals surface area contributed by atoms with Crippen LogP contribution in [-0.2, 0) is 27.3 Å². The molecule has 2 heterocycles. The van der Waals surface area contributed by atoms with E-state index in [0.717, 1.165) is 5.57 Å². The van der Waals surface area contributed by atoms with E-state index in [1.807, 2.05) is 0 Å². The number of methoxy groups -OCH3 is 1. The molecule has 34 heavy (non-hydrogen) atoms. The third-order valence-electron chi connectivity index (χ3n) is 6.10. The molecule has 1 fully saturated rings. The molecule has 0 aliphatic carbocycles. The van der Waals surface area contributed by atoms with Gasteiger partial charge in [-0.05, 0) is 32.3 Å². The molecule has 0 aromatic heterocycles. The second-order valence-corrected chi connectivity index (χ2v) is 8.36. The van der Waals surface area contributed by atoms with Crippen LogP contribution >= 0.6 is 0 Å². The van der Waals surface area contributed by atoms with Gasteiger partial charge in [0.15, 0.2) is 0 Å². The highest BCUT2D eigenvalue weighted by atomic mass is 16.7. The summed E-state index contributed by atoms with van der Waals surface area (Å²) in [5.74, 6) is -1.13. The van der Waals surface area contributed by atoms with Crippen molar-refractivity contribution in [2.75, 3.05) is 13.7 Å². The maximum absolute atomic E-state index is 12.6. The van der Waals surface area contributed by atoms with Gasteiger partial charge >= 0.3 is 11.9 Å². The Bertz CT molecular complexity index is 968. The average Bonchev–Trinajstić information content (AvgIpc) is 3.20. The zero-order valence-electron chi connectivity index (χ0n) is 19.2. The van der Waals surface area contributed by atoms with E-state index in [-0.39, 0.29) is 30.8 Å². The van der Waals surface area contributed by atoms with E-state index in [9.17, 15) is 30.0 Å². The zero-order valence-corrected chi connectivity index (χ0v) is 19.2. The van der Waals surface area contributed by atoms with Crippen LogP contribution in [-0.4, -0.2) is 81.9 Å². The van der Waals surface area contributed by atoms with E-state index in [2.05, 4.69) is 0 Å². The van der Waals surface area contributed by atoms with Crippen LogP contribution in [0.3, 0.4) is 0 Å². The number of carbonyl (C=O) groups is 2. The molecule has 3 rings (SSSR count). The number of esters is 1. The Hall–Kier alpha value is -2.70. The molecule has 2 aliphatic heterocycles. The van der Waals surface area contributed by atoms with E-state index in [4.69, 9.17) is 24.1 Å². The Morgan fingerprint density at radius 2 is 1.85 bits per heavy atom. The molecule has 0 spiro atoms. The molecule has 5 N–H and O–H groups in total. The van der Waals surface area contributed by atoms with E-state index in [1.165, 1.54) is 7.11 Å². The van der Waals surface area contributed by atoms with Crippen molar-refractivity contribution in [3.05, 3.63) is 33.9 Å². The lowest BCUT2D eigenvalue weighted by Crippen LogP contribution is -2.60. The topological polar surface area (TPSA) is 172 Å². The monoisotopic (exact) mass is 482 g/mol. The van der Waals surface area contributed by atoms with Crippen LogP contribution in [0.5, 0.6) is 11.5 Å². The highest BCUT2D eigenvalue weighted by Gasteiger charge is 2.46. The van der Waals surface area contributed by atoms with Gasteiger partial charge in [-0.15, -0.1) is 0 Å². The Labute approximate surface area is 196 Å². The van der Waals surface area contributed by atoms with Crippen molar-refractivity contribution in [2.45, 2.75) is 70.4 Å². The van der Waals surface area contributed by atoms with Gasteiger partial charge in [-0.1, -0.05) is 11.6 Å². The number of aliphatic hydroxyl groups excluding tert-OH is 4. The van der Waals surface area contributed by atoms with Crippen LogP contribution in [0.2, 0.25) is 0 Å². The molecule has 0 saturated carbocycles. The largest absolute Gasteiger partial charge is 0.496 e. The van der Waals surface area contributed by atoms with Gasteiger partial charge in [-0.25, -0.2) is 4.79 Å². The van der Waals surface area contributed by atoms with Gasteiger partial charge in [-0.3, -0.25) is 4.79 Å². The lowest BCUT2D eigenvalue weighted by molar-refractivity contribution is -0.277. The minimum Gasteiger partial charge on any atom is -0.496 e. The molecule has 11 nitrogen and oxygen atoms in total. The summed E-state index contributed by atoms with van der Waals surface area (Å²) in [6.07, 6.45) is -5.36. The van der Waals surface area contributed by atoms with Gasteiger partial charge in [0.1, 0.15) is 48.1 Å². The summed E-state index contributed by atoms with van der Waals surface area (Å²) in [5.41, 5.74) is 2.56. The molecule has 0 amide bonds. The van der Waals surface area contributed by atoms with Crippen molar-refractivity contribution < 1.29 is 54.1 Å². The number of cyclic esters (lactones) is 1. The van der Waals surface area contributed by atoms with E-state index < -0.39 is 49.3 Å². The standard InChI is InChI=1S/C23H30O11/c1-10(5-7-15(25)26)4-6-12-20(31-3)11(2)13-9-32-22(30)16(13)21(12)34-23-19(29)18(28)17(27)14(8-24)33-23/h4,14,17-19,23-24,27-29H,5-9H2,1-3H3,(H,25,26)/t14?,17-,18+,19?,23+/m1/s1.